The Bertz CT molecular complexity index is 6230. The lowest BCUT2D eigenvalue weighted by atomic mass is 9.95. The molecule has 0 saturated carbocycles. The lowest BCUT2D eigenvalue weighted by Gasteiger charge is -2.52. The molecule has 2 aromatic heterocycles. The molecular weight excluding hydrogens is 2210 g/mol. The summed E-state index contributed by atoms with van der Waals surface area (Å²) in [6.45, 7) is -9.16. The zero-order chi connectivity index (χ0) is 105. The Hall–Kier alpha value is -5.58. The molecule has 0 aliphatic carbocycles. The SMILES string of the molecule is O=C(CCCCCCCCCCn1cc(CNc2ccc([N+](=O)[O-])c3nonc23)nn1)NCCCCCCCCCCCO[C@@H]1O[C@H](COS(=O)(=O)[O-])[C@@H](O[C@H]2O[C@H](COS(=O)(=O)[O-])[C@@H](O[C@H]3O[C@H](COS(=O)(=O)[O-])[C@@H](O[C@H]4O[C@H](COS(=O)(=O)[O-])[C@@H](OS(=O)(=O)[O-])[C@H](OS(=O)(=O)[O-])[C@H]4OS(=O)(=O)[O-])[C@H](OS(=O)(=O)[O-])[C@H]3OS(=O)(=O)[O-])[C@H](OS(=O)(=O)[O-])[C@H]2OS(=O)(=O)[O-])[C@H](OS(=O)(=O)[O-])[C@H]1OS(=O)(=O)[O-]. The standard InChI is InChI=1S/C55H90N8O64S13/c64-37(18-14-10-6-2-4-8-12-16-22-62-25-30(58-61-62)24-57-31-19-20-32(63(65)66)39-38(31)59-127-60-39)56-21-15-11-7-3-1-5-9-13-17-23-106-52-48(123-137(94,95)96)44(119-133(82,83)84)40(33(111-52)26-107-128(67,68)69)115-53-49(124-138(97,98)99)45(120-134(85,86)87)41(34(112-53)27-108-129(70,71)72)116-54-50(125-139(100,101)102)46(121-135(88,89)90)42(35(113-54)28-109-130(73,74)75)117-55-51(126-140(103,104)105)47(122-136(91,92)93)43(118-132(79,80)81)36(114-55)29-110-131(76,77)78/h19-20,25,33-36,40-55,57H,1-18,21-24,26-29H2,(H,56,64)(H,67,68,69)(H,70,71,72)(H,73,74,75)(H,76,77,78)(H,79,80,81)(H,82,83,84)(H,85,86,87)(H,88,89,90)(H,91,92,93)(H,94,95,96)(H,97,98,99)(H,100,101,102)(H,103,104,105)/p-13/t33-,34-,35-,36-,40-,41-,42-,43-,44+,45+,46+,47+,48-,49-,50-,51-,52-,53-,54-,55-/m1/s1. The third kappa shape index (κ3) is 45.0. The van der Waals surface area contributed by atoms with Crippen molar-refractivity contribution in [1.82, 2.24) is 30.6 Å². The number of ether oxygens (including phenoxy) is 8. The van der Waals surface area contributed by atoms with Crippen LogP contribution < -0.4 is 10.6 Å². The van der Waals surface area contributed by atoms with Gasteiger partial charge in [0.05, 0.1) is 49.8 Å². The van der Waals surface area contributed by atoms with E-state index in [1.54, 1.807) is 10.9 Å². The van der Waals surface area contributed by atoms with Crippen LogP contribution in [0, 0.1) is 10.1 Å². The number of nitrogens with one attached hydrogen (secondary N) is 2. The molecule has 6 heterocycles. The molecule has 812 valence electrons. The van der Waals surface area contributed by atoms with Crippen LogP contribution in [0.2, 0.25) is 0 Å². The highest BCUT2D eigenvalue weighted by molar-refractivity contribution is 7.83. The van der Waals surface area contributed by atoms with Gasteiger partial charge in [0, 0.05) is 32.2 Å². The Labute approximate surface area is 794 Å². The minimum Gasteiger partial charge on any atom is -0.726 e. The van der Waals surface area contributed by atoms with E-state index in [0.717, 1.165) is 44.9 Å². The molecule has 4 aliphatic rings. The molecule has 4 aliphatic heterocycles. The van der Waals surface area contributed by atoms with Gasteiger partial charge in [-0.05, 0) is 42.1 Å². The molecule has 85 heteroatoms. The molecule has 0 unspecified atom stereocenters. The molecule has 2 N–H and O–H groups in total. The molecule has 3 aromatic rings. The highest BCUT2D eigenvalue weighted by Crippen LogP contribution is 2.43. The smallest absolute Gasteiger partial charge is 0.300 e. The van der Waals surface area contributed by atoms with Crippen LogP contribution in [0.1, 0.15) is 121 Å². The van der Waals surface area contributed by atoms with Crippen LogP contribution in [0.25, 0.3) is 11.0 Å². The average Bonchev–Trinajstić information content (AvgIpc) is 1.00. The first-order valence-electron chi connectivity index (χ1n) is 38.9. The van der Waals surface area contributed by atoms with Crippen LogP contribution in [0.15, 0.2) is 23.0 Å². The van der Waals surface area contributed by atoms with E-state index in [9.17, 15) is 184 Å². The number of rotatable bonds is 64. The maximum Gasteiger partial charge on any atom is 0.300 e. The number of nitro benzene ring substituents is 1. The predicted octanol–water partition coefficient (Wildman–Crippen LogP) is -8.94. The van der Waals surface area contributed by atoms with Gasteiger partial charge < -0.3 is 108 Å². The van der Waals surface area contributed by atoms with Crippen LogP contribution in [0.3, 0.4) is 0 Å². The van der Waals surface area contributed by atoms with Crippen LogP contribution in [-0.2, 0) is 245 Å². The van der Waals surface area contributed by atoms with Crippen molar-refractivity contribution < 1.29 is 275 Å². The third-order valence-corrected chi connectivity index (χ3v) is 24.7. The first-order chi connectivity index (χ1) is 64.2. The number of unbranched alkanes of at least 4 members (excludes halogenated alkanes) is 15. The fraction of sp³-hybridized carbons (Fsp3) is 0.836. The largest absolute Gasteiger partial charge is 0.726 e. The molecule has 4 saturated heterocycles. The molecule has 140 heavy (non-hydrogen) atoms. The van der Waals surface area contributed by atoms with Gasteiger partial charge in [0.1, 0.15) is 78.9 Å². The van der Waals surface area contributed by atoms with Gasteiger partial charge in [-0.15, -0.1) is 5.10 Å². The Kier molecular flexibility index (Phi) is 44.5. The highest BCUT2D eigenvalue weighted by atomic mass is 32.3. The second-order valence-electron chi connectivity index (χ2n) is 29.1. The fourth-order valence-corrected chi connectivity index (χ4v) is 19.3. The van der Waals surface area contributed by atoms with Crippen LogP contribution in [0.5, 0.6) is 0 Å². The van der Waals surface area contributed by atoms with Crippen molar-refractivity contribution in [2.45, 2.75) is 251 Å². The van der Waals surface area contributed by atoms with Gasteiger partial charge in [-0.3, -0.25) is 74.0 Å². The van der Waals surface area contributed by atoms with Crippen LogP contribution in [-0.4, -0.2) is 367 Å². The van der Waals surface area contributed by atoms with Crippen molar-refractivity contribution in [3.8, 4) is 0 Å². The number of aromatic nitrogens is 5. The van der Waals surface area contributed by atoms with Crippen molar-refractivity contribution in [1.29, 1.82) is 0 Å². The maximum atomic E-state index is 12.9. The molecule has 0 spiro atoms. The van der Waals surface area contributed by atoms with Crippen LogP contribution in [0.4, 0.5) is 11.4 Å². The molecule has 7 rings (SSSR count). The number of anilines is 1. The molecule has 1 aromatic carbocycles. The number of amides is 1. The van der Waals surface area contributed by atoms with Gasteiger partial charge in [0.15, 0.2) is 55.1 Å². The summed E-state index contributed by atoms with van der Waals surface area (Å²) in [4.78, 5) is 23.2. The number of nitrogens with zero attached hydrogens (tertiary/aromatic N) is 6. The number of carbonyl (C=O) groups excluding carboxylic acids is 1. The summed E-state index contributed by atoms with van der Waals surface area (Å²) in [6.07, 6.45) is -61.6. The van der Waals surface area contributed by atoms with E-state index >= 15 is 0 Å². The molecular formula is C55H77N8O64S13-13. The summed E-state index contributed by atoms with van der Waals surface area (Å²) in [6, 6.07) is 2.77. The number of benzene rings is 1. The molecule has 4 fully saturated rings. The van der Waals surface area contributed by atoms with Gasteiger partial charge in [-0.25, -0.2) is 114 Å². The number of nitro groups is 1. The topological polar surface area (TPSA) is 1090 Å². The monoisotopic (exact) mass is 2290 g/mol. The zero-order valence-corrected chi connectivity index (χ0v) is 80.4. The van der Waals surface area contributed by atoms with E-state index in [-0.39, 0.29) is 42.0 Å². The van der Waals surface area contributed by atoms with Gasteiger partial charge in [0.25, 0.3) is 0 Å². The summed E-state index contributed by atoms with van der Waals surface area (Å²) < 4.78 is 585. The Morgan fingerprint density at radius 3 is 1.01 bits per heavy atom. The molecule has 1 amide bonds. The third-order valence-electron chi connectivity index (χ3n) is 18.9. The Morgan fingerprint density at radius 2 is 0.657 bits per heavy atom. The van der Waals surface area contributed by atoms with E-state index in [0.29, 0.717) is 82.3 Å². The Morgan fingerprint density at radius 1 is 0.357 bits per heavy atom. The summed E-state index contributed by atoms with van der Waals surface area (Å²) in [7, 11) is -88.0. The molecule has 0 bridgehead atoms. The fourth-order valence-electron chi connectivity index (χ4n) is 13.7. The molecule has 0 radical (unpaired) electrons. The van der Waals surface area contributed by atoms with E-state index in [1.165, 1.54) is 12.1 Å². The second kappa shape index (κ2) is 51.4. The van der Waals surface area contributed by atoms with Crippen molar-refractivity contribution in [2.75, 3.05) is 44.9 Å². The van der Waals surface area contributed by atoms with Crippen molar-refractivity contribution in [2.24, 2.45) is 0 Å². The first kappa shape index (κ1) is 121. The minimum atomic E-state index is -7.14. The quantitative estimate of drug-likeness (QED) is 0.0174. The van der Waals surface area contributed by atoms with E-state index in [2.05, 4.69) is 90.3 Å². The lowest BCUT2D eigenvalue weighted by molar-refractivity contribution is -0.383. The number of hydrogen-bond donors (Lipinski definition) is 2. The lowest BCUT2D eigenvalue weighted by Crippen LogP contribution is -2.69. The van der Waals surface area contributed by atoms with Gasteiger partial charge >= 0.3 is 5.69 Å². The number of hydrogen-bond acceptors (Lipinski definition) is 69. The number of carbonyl (C=O) groups is 1. The van der Waals surface area contributed by atoms with Crippen molar-refractivity contribution in [3.05, 3.63) is 34.1 Å². The average molecular weight is 2290 g/mol. The van der Waals surface area contributed by atoms with E-state index in [4.69, 9.17) is 37.9 Å². The van der Waals surface area contributed by atoms with Crippen molar-refractivity contribution in [3.63, 3.8) is 0 Å². The van der Waals surface area contributed by atoms with Gasteiger partial charge in [-0.1, -0.05) is 88.7 Å². The number of aryl methyl sites for hydroxylation is 1. The van der Waals surface area contributed by atoms with Gasteiger partial charge in [-0.2, -0.15) is 0 Å². The summed E-state index contributed by atoms with van der Waals surface area (Å²) in [5, 5.41) is 32.9. The first-order valence-corrected chi connectivity index (χ1v) is 56.2. The van der Waals surface area contributed by atoms with E-state index < -0.39 is 296 Å². The predicted molar refractivity (Wildman–Crippen MR) is 411 cm³/mol. The zero-order valence-electron chi connectivity index (χ0n) is 69.8. The Balaban J connectivity index is 1.07. The normalized spacial score (nSPS) is 26.6. The number of non-ortho nitro benzene ring substituents is 1. The summed E-state index contributed by atoms with van der Waals surface area (Å²) in [5.41, 5.74) is 1.01. The van der Waals surface area contributed by atoms with E-state index in [1.807, 2.05) is 0 Å². The maximum absolute atomic E-state index is 12.9. The highest BCUT2D eigenvalue weighted by Gasteiger charge is 2.62. The summed E-state index contributed by atoms with van der Waals surface area (Å²) in [5.74, 6) is -0.136. The minimum absolute atomic E-state index is 0.00331. The number of fused-ring (bicyclic) bond motifs is 1. The van der Waals surface area contributed by atoms with Gasteiger partial charge in [0.2, 0.25) is 147 Å². The summed E-state index contributed by atoms with van der Waals surface area (Å²) >= 11 is 0. The second-order valence-corrected chi connectivity index (χ2v) is 42.4. The van der Waals surface area contributed by atoms with Crippen LogP contribution >= 0.6 is 0 Å². The molecule has 20 atom stereocenters. The van der Waals surface area contributed by atoms with Crippen molar-refractivity contribution >= 4 is 164 Å². The molecule has 72 nitrogen and oxygen atoms in total.